The molecule has 0 aromatic rings. The average molecular weight is 415 g/mol. The summed E-state index contributed by atoms with van der Waals surface area (Å²) in [5.74, 6) is 0.190. The van der Waals surface area contributed by atoms with Gasteiger partial charge in [-0.05, 0) is 46.0 Å². The van der Waals surface area contributed by atoms with Crippen LogP contribution in [0.25, 0.3) is 0 Å². The van der Waals surface area contributed by atoms with Gasteiger partial charge >= 0.3 is 0 Å². The van der Waals surface area contributed by atoms with Gasteiger partial charge in [0.25, 0.3) is 10.2 Å². The van der Waals surface area contributed by atoms with Crippen molar-refractivity contribution in [3.63, 3.8) is 0 Å². The molecule has 2 heterocycles. The Bertz CT molecular complexity index is 617. The van der Waals surface area contributed by atoms with Crippen molar-refractivity contribution in [1.82, 2.24) is 18.4 Å². The van der Waals surface area contributed by atoms with E-state index in [0.717, 1.165) is 38.5 Å². The van der Waals surface area contributed by atoms with Crippen LogP contribution in [-0.4, -0.2) is 90.6 Å². The summed E-state index contributed by atoms with van der Waals surface area (Å²) in [4.78, 5) is 17.0. The number of piperazine rings is 1. The fraction of sp³-hybridized carbons (Fsp3) is 0.950. The monoisotopic (exact) mass is 414 g/mol. The second-order valence-electron chi connectivity index (χ2n) is 8.92. The zero-order valence-corrected chi connectivity index (χ0v) is 18.7. The molecule has 3 rings (SSSR count). The molecule has 0 radical (unpaired) electrons. The van der Waals surface area contributed by atoms with Crippen LogP contribution >= 0.6 is 0 Å². The van der Waals surface area contributed by atoms with Crippen LogP contribution in [0.4, 0.5) is 0 Å². The molecule has 3 fully saturated rings. The number of likely N-dealkylation sites (tertiary alicyclic amines) is 1. The van der Waals surface area contributed by atoms with Gasteiger partial charge < -0.3 is 4.90 Å². The number of hydrogen-bond acceptors (Lipinski definition) is 4. The number of hydrogen-bond donors (Lipinski definition) is 0. The summed E-state index contributed by atoms with van der Waals surface area (Å²) in [6, 6.07) is 0.754. The van der Waals surface area contributed by atoms with Crippen LogP contribution in [0.5, 0.6) is 0 Å². The van der Waals surface area contributed by atoms with E-state index in [9.17, 15) is 13.2 Å². The Labute approximate surface area is 171 Å². The molecule has 0 N–H and O–H groups in total. The Kier molecular flexibility index (Phi) is 7.39. The van der Waals surface area contributed by atoms with Crippen molar-refractivity contribution in [1.29, 1.82) is 0 Å². The third-order valence-electron chi connectivity index (χ3n) is 6.95. The number of nitrogens with zero attached hydrogens (tertiary/aromatic N) is 4. The van der Waals surface area contributed by atoms with Gasteiger partial charge in [0, 0.05) is 51.4 Å². The molecular formula is C20H38N4O3S. The highest BCUT2D eigenvalue weighted by Gasteiger charge is 2.36. The van der Waals surface area contributed by atoms with E-state index in [2.05, 4.69) is 18.7 Å². The summed E-state index contributed by atoms with van der Waals surface area (Å²) < 4.78 is 29.2. The molecule has 1 aliphatic carbocycles. The zero-order valence-electron chi connectivity index (χ0n) is 17.8. The SMILES string of the molecule is CC1CCCC(C)N1C(=O)CN1CCN(S(=O)(=O)N(C)C2CCCCC2)CC1. The molecule has 0 aromatic carbocycles. The first-order valence-corrected chi connectivity index (χ1v) is 12.5. The van der Waals surface area contributed by atoms with Crippen LogP contribution in [-0.2, 0) is 15.0 Å². The van der Waals surface area contributed by atoms with Gasteiger partial charge in [0.15, 0.2) is 0 Å². The fourth-order valence-electron chi connectivity index (χ4n) is 5.12. The van der Waals surface area contributed by atoms with Crippen LogP contribution < -0.4 is 0 Å². The van der Waals surface area contributed by atoms with Crippen LogP contribution in [0, 0.1) is 0 Å². The van der Waals surface area contributed by atoms with Crippen molar-refractivity contribution in [2.45, 2.75) is 83.3 Å². The van der Waals surface area contributed by atoms with Gasteiger partial charge in [-0.15, -0.1) is 0 Å². The molecule has 162 valence electrons. The fourth-order valence-corrected chi connectivity index (χ4v) is 6.70. The summed E-state index contributed by atoms with van der Waals surface area (Å²) in [5, 5.41) is 0. The third kappa shape index (κ3) is 4.89. The largest absolute Gasteiger partial charge is 0.336 e. The molecule has 3 aliphatic rings. The van der Waals surface area contributed by atoms with E-state index in [1.807, 2.05) is 4.90 Å². The lowest BCUT2D eigenvalue weighted by molar-refractivity contribution is -0.138. The first-order chi connectivity index (χ1) is 13.3. The van der Waals surface area contributed by atoms with Gasteiger partial charge in [-0.1, -0.05) is 19.3 Å². The van der Waals surface area contributed by atoms with E-state index in [1.54, 1.807) is 15.7 Å². The lowest BCUT2D eigenvalue weighted by Crippen LogP contribution is -2.57. The standard InChI is InChI=1S/C20H38N4O3S/c1-17-8-7-9-18(2)24(17)20(25)16-22-12-14-23(15-13-22)28(26,27)21(3)19-10-5-4-6-11-19/h17-19H,4-16H2,1-3H3. The normalized spacial score (nSPS) is 29.4. The van der Waals surface area contributed by atoms with Gasteiger partial charge in [-0.3, -0.25) is 9.69 Å². The zero-order chi connectivity index (χ0) is 20.3. The molecule has 0 bridgehead atoms. The van der Waals surface area contributed by atoms with E-state index in [-0.39, 0.29) is 11.9 Å². The van der Waals surface area contributed by atoms with Crippen LogP contribution in [0.2, 0.25) is 0 Å². The lowest BCUT2D eigenvalue weighted by Gasteiger charge is -2.42. The highest BCUT2D eigenvalue weighted by atomic mass is 32.2. The highest BCUT2D eigenvalue weighted by Crippen LogP contribution is 2.26. The summed E-state index contributed by atoms with van der Waals surface area (Å²) in [6.07, 6.45) is 8.74. The van der Waals surface area contributed by atoms with E-state index < -0.39 is 10.2 Å². The third-order valence-corrected chi connectivity index (χ3v) is 8.99. The van der Waals surface area contributed by atoms with E-state index in [0.29, 0.717) is 44.8 Å². The lowest BCUT2D eigenvalue weighted by atomic mass is 9.96. The van der Waals surface area contributed by atoms with E-state index >= 15 is 0 Å². The van der Waals surface area contributed by atoms with Crippen molar-refractivity contribution < 1.29 is 13.2 Å². The van der Waals surface area contributed by atoms with Crippen LogP contribution in [0.3, 0.4) is 0 Å². The molecule has 28 heavy (non-hydrogen) atoms. The molecular weight excluding hydrogens is 376 g/mol. The number of rotatable bonds is 5. The smallest absolute Gasteiger partial charge is 0.282 e. The molecule has 7 nitrogen and oxygen atoms in total. The van der Waals surface area contributed by atoms with Gasteiger partial charge in [0.05, 0.1) is 6.54 Å². The Morgan fingerprint density at radius 1 is 0.893 bits per heavy atom. The second kappa shape index (κ2) is 9.41. The Morgan fingerprint density at radius 2 is 1.46 bits per heavy atom. The molecule has 2 unspecified atom stereocenters. The maximum absolute atomic E-state index is 13.0. The van der Waals surface area contributed by atoms with Gasteiger partial charge in [-0.2, -0.15) is 17.0 Å². The Hall–Kier alpha value is -0.700. The molecule has 0 spiro atoms. The van der Waals surface area contributed by atoms with Crippen molar-refractivity contribution in [3.8, 4) is 0 Å². The molecule has 8 heteroatoms. The maximum atomic E-state index is 13.0. The summed E-state index contributed by atoms with van der Waals surface area (Å²) in [7, 11) is -1.67. The van der Waals surface area contributed by atoms with E-state index in [4.69, 9.17) is 0 Å². The van der Waals surface area contributed by atoms with Crippen molar-refractivity contribution in [2.24, 2.45) is 0 Å². The van der Waals surface area contributed by atoms with Gasteiger partial charge in [0.2, 0.25) is 5.91 Å². The minimum Gasteiger partial charge on any atom is -0.336 e. The number of piperidine rings is 1. The Balaban J connectivity index is 1.51. The van der Waals surface area contributed by atoms with E-state index in [1.165, 1.54) is 12.8 Å². The van der Waals surface area contributed by atoms with Gasteiger partial charge in [0.1, 0.15) is 0 Å². The number of carbonyl (C=O) groups excluding carboxylic acids is 1. The minimum absolute atomic E-state index is 0.139. The van der Waals surface area contributed by atoms with Gasteiger partial charge in [-0.25, -0.2) is 0 Å². The summed E-state index contributed by atoms with van der Waals surface area (Å²) >= 11 is 0. The Morgan fingerprint density at radius 3 is 2.04 bits per heavy atom. The highest BCUT2D eigenvalue weighted by molar-refractivity contribution is 7.86. The summed E-state index contributed by atoms with van der Waals surface area (Å²) in [6.45, 7) is 6.87. The van der Waals surface area contributed by atoms with Crippen molar-refractivity contribution in [3.05, 3.63) is 0 Å². The number of amides is 1. The molecule has 2 aliphatic heterocycles. The van der Waals surface area contributed by atoms with Crippen molar-refractivity contribution >= 4 is 16.1 Å². The quantitative estimate of drug-likeness (QED) is 0.689. The topological polar surface area (TPSA) is 64.2 Å². The second-order valence-corrected chi connectivity index (χ2v) is 10.9. The molecule has 0 aromatic heterocycles. The predicted octanol–water partition coefficient (Wildman–Crippen LogP) is 1.90. The summed E-state index contributed by atoms with van der Waals surface area (Å²) in [5.41, 5.74) is 0. The maximum Gasteiger partial charge on any atom is 0.282 e. The van der Waals surface area contributed by atoms with Crippen molar-refractivity contribution in [2.75, 3.05) is 39.8 Å². The first-order valence-electron chi connectivity index (χ1n) is 11.1. The molecule has 1 saturated carbocycles. The minimum atomic E-state index is -3.41. The van der Waals surface area contributed by atoms with Crippen LogP contribution in [0.15, 0.2) is 0 Å². The first kappa shape index (κ1) is 22.0. The van der Waals surface area contributed by atoms with Crippen LogP contribution in [0.1, 0.15) is 65.2 Å². The number of carbonyl (C=O) groups is 1. The molecule has 2 saturated heterocycles. The predicted molar refractivity (Wildman–Crippen MR) is 111 cm³/mol. The molecule has 2 atom stereocenters. The average Bonchev–Trinajstić information content (AvgIpc) is 2.68. The molecule has 1 amide bonds.